The van der Waals surface area contributed by atoms with Gasteiger partial charge < -0.3 is 9.57 Å². The first kappa shape index (κ1) is 14.4. The van der Waals surface area contributed by atoms with E-state index in [4.69, 9.17) is 4.74 Å². The van der Waals surface area contributed by atoms with E-state index in [-0.39, 0.29) is 12.2 Å². The van der Waals surface area contributed by atoms with Crippen LogP contribution in [0.25, 0.3) is 0 Å². The summed E-state index contributed by atoms with van der Waals surface area (Å²) in [6.45, 7) is 1.48. The van der Waals surface area contributed by atoms with Crippen LogP contribution in [-0.2, 0) is 19.9 Å². The van der Waals surface area contributed by atoms with Crippen LogP contribution >= 0.6 is 0 Å². The number of halogens is 3. The fourth-order valence-corrected chi connectivity index (χ4v) is 2.01. The van der Waals surface area contributed by atoms with Gasteiger partial charge in [-0.15, -0.1) is 5.48 Å². The number of nitrogens with one attached hydrogen (secondary N) is 1. The van der Waals surface area contributed by atoms with E-state index >= 15 is 0 Å². The molecule has 0 aromatic heterocycles. The van der Waals surface area contributed by atoms with Gasteiger partial charge in [-0.05, 0) is 12.5 Å². The van der Waals surface area contributed by atoms with Crippen molar-refractivity contribution in [2.75, 3.05) is 6.61 Å². The van der Waals surface area contributed by atoms with Crippen molar-refractivity contribution in [2.45, 2.75) is 18.6 Å². The minimum Gasteiger partial charge on any atom is -0.464 e. The molecule has 1 aliphatic rings. The normalized spacial score (nSPS) is 22.1. The van der Waals surface area contributed by atoms with E-state index in [0.717, 1.165) is 0 Å². The summed E-state index contributed by atoms with van der Waals surface area (Å²) in [6.07, 6.45) is -4.24. The molecule has 0 amide bonds. The predicted octanol–water partition coefficient (Wildman–Crippen LogP) is 2.43. The predicted molar refractivity (Wildman–Crippen MR) is 63.1 cm³/mol. The summed E-state index contributed by atoms with van der Waals surface area (Å²) in [5, 5.41) is 0. The molecule has 1 atom stereocenters. The molecule has 1 unspecified atom stereocenters. The average molecular weight is 287 g/mol. The number of hydrogen-bond acceptors (Lipinski definition) is 4. The van der Waals surface area contributed by atoms with Gasteiger partial charge >= 0.3 is 12.1 Å². The highest BCUT2D eigenvalue weighted by Gasteiger charge is 2.59. The van der Waals surface area contributed by atoms with E-state index in [9.17, 15) is 18.0 Å². The standard InChI is InChI=1S/C13H12F3NO3/c1-2-19-11(18)12(9-6-4-3-5-7-9)10(8-20-17-12)13(14,15)16/h3-8,17H,2H2,1H3. The highest BCUT2D eigenvalue weighted by atomic mass is 19.4. The lowest BCUT2D eigenvalue weighted by molar-refractivity contribution is -0.158. The molecule has 0 spiro atoms. The van der Waals surface area contributed by atoms with Gasteiger partial charge in [0.15, 0.2) is 0 Å². The Labute approximate surface area is 113 Å². The molecule has 7 heteroatoms. The van der Waals surface area contributed by atoms with Gasteiger partial charge in [0.05, 0.1) is 6.61 Å². The topological polar surface area (TPSA) is 47.6 Å². The number of rotatable bonds is 3. The second kappa shape index (κ2) is 5.16. The van der Waals surface area contributed by atoms with Gasteiger partial charge in [0.2, 0.25) is 5.54 Å². The maximum absolute atomic E-state index is 13.1. The van der Waals surface area contributed by atoms with Crippen LogP contribution in [0.15, 0.2) is 42.2 Å². The van der Waals surface area contributed by atoms with E-state index < -0.39 is 23.3 Å². The lowest BCUT2D eigenvalue weighted by Crippen LogP contribution is -2.50. The van der Waals surface area contributed by atoms with Gasteiger partial charge in [0.1, 0.15) is 11.8 Å². The minimum absolute atomic E-state index is 0.0414. The number of hydrogen-bond donors (Lipinski definition) is 1. The van der Waals surface area contributed by atoms with Crippen LogP contribution in [-0.4, -0.2) is 18.8 Å². The Morgan fingerprint density at radius 3 is 2.55 bits per heavy atom. The zero-order chi connectivity index (χ0) is 14.8. The fourth-order valence-electron chi connectivity index (χ4n) is 2.01. The summed E-state index contributed by atoms with van der Waals surface area (Å²) >= 11 is 0. The molecule has 0 radical (unpaired) electrons. The Kier molecular flexibility index (Phi) is 3.71. The zero-order valence-electron chi connectivity index (χ0n) is 10.5. The van der Waals surface area contributed by atoms with Crippen LogP contribution in [0.4, 0.5) is 13.2 Å². The monoisotopic (exact) mass is 287 g/mol. The van der Waals surface area contributed by atoms with E-state index in [2.05, 4.69) is 10.3 Å². The molecule has 20 heavy (non-hydrogen) atoms. The number of hydroxylamine groups is 1. The van der Waals surface area contributed by atoms with Crippen molar-refractivity contribution in [3.8, 4) is 0 Å². The van der Waals surface area contributed by atoms with Crippen LogP contribution in [0.5, 0.6) is 0 Å². The average Bonchev–Trinajstić information content (AvgIpc) is 2.86. The molecule has 0 fully saturated rings. The van der Waals surface area contributed by atoms with E-state index in [0.29, 0.717) is 6.26 Å². The Balaban J connectivity index is 2.57. The first-order valence-electron chi connectivity index (χ1n) is 5.86. The van der Waals surface area contributed by atoms with Gasteiger partial charge in [-0.2, -0.15) is 13.2 Å². The van der Waals surface area contributed by atoms with Crippen molar-refractivity contribution in [3.63, 3.8) is 0 Å². The molecule has 2 rings (SSSR count). The third-order valence-corrected chi connectivity index (χ3v) is 2.89. The van der Waals surface area contributed by atoms with Crippen molar-refractivity contribution >= 4 is 5.97 Å². The van der Waals surface area contributed by atoms with Crippen LogP contribution in [0, 0.1) is 0 Å². The molecule has 4 nitrogen and oxygen atoms in total. The van der Waals surface area contributed by atoms with Crippen molar-refractivity contribution < 1.29 is 27.5 Å². The molecule has 0 saturated carbocycles. The smallest absolute Gasteiger partial charge is 0.418 e. The van der Waals surface area contributed by atoms with Crippen LogP contribution in [0.1, 0.15) is 12.5 Å². The number of carbonyl (C=O) groups is 1. The summed E-state index contributed by atoms with van der Waals surface area (Å²) < 4.78 is 44.2. The largest absolute Gasteiger partial charge is 0.464 e. The Morgan fingerprint density at radius 2 is 2.00 bits per heavy atom. The number of ether oxygens (including phenoxy) is 1. The minimum atomic E-state index is -4.73. The fraction of sp³-hybridized carbons (Fsp3) is 0.308. The number of esters is 1. The second-order valence-corrected chi connectivity index (χ2v) is 4.09. The molecular weight excluding hydrogens is 275 g/mol. The molecule has 108 valence electrons. The molecule has 1 aromatic rings. The lowest BCUT2D eigenvalue weighted by atomic mass is 9.83. The highest BCUT2D eigenvalue weighted by molar-refractivity contribution is 5.87. The molecule has 0 saturated heterocycles. The summed E-state index contributed by atoms with van der Waals surface area (Å²) in [5.74, 6) is -1.06. The molecule has 1 heterocycles. The highest BCUT2D eigenvalue weighted by Crippen LogP contribution is 2.43. The Bertz CT molecular complexity index is 527. The first-order chi connectivity index (χ1) is 9.43. The summed E-state index contributed by atoms with van der Waals surface area (Å²) in [5.41, 5.74) is -1.11. The third kappa shape index (κ3) is 2.24. The Morgan fingerprint density at radius 1 is 1.35 bits per heavy atom. The second-order valence-electron chi connectivity index (χ2n) is 4.09. The summed E-state index contributed by atoms with van der Waals surface area (Å²) in [7, 11) is 0. The maximum atomic E-state index is 13.1. The van der Waals surface area contributed by atoms with Gasteiger partial charge in [0, 0.05) is 0 Å². The molecule has 0 aliphatic carbocycles. The quantitative estimate of drug-likeness (QED) is 0.867. The van der Waals surface area contributed by atoms with Crippen molar-refractivity contribution in [3.05, 3.63) is 47.7 Å². The van der Waals surface area contributed by atoms with Gasteiger partial charge in [-0.25, -0.2) is 4.79 Å². The van der Waals surface area contributed by atoms with Gasteiger partial charge in [0.25, 0.3) is 0 Å². The number of benzene rings is 1. The van der Waals surface area contributed by atoms with E-state index in [1.807, 2.05) is 0 Å². The first-order valence-corrected chi connectivity index (χ1v) is 5.86. The SMILES string of the molecule is CCOC(=O)C1(c2ccccc2)NOC=C1C(F)(F)F. The van der Waals surface area contributed by atoms with Crippen LogP contribution < -0.4 is 5.48 Å². The molecule has 1 N–H and O–H groups in total. The third-order valence-electron chi connectivity index (χ3n) is 2.89. The van der Waals surface area contributed by atoms with Crippen molar-refractivity contribution in [1.82, 2.24) is 5.48 Å². The molecule has 1 aliphatic heterocycles. The molecule has 1 aromatic carbocycles. The number of alkyl halides is 3. The van der Waals surface area contributed by atoms with E-state index in [1.54, 1.807) is 6.07 Å². The molecular formula is C13H12F3NO3. The number of carbonyl (C=O) groups excluding carboxylic acids is 1. The van der Waals surface area contributed by atoms with Crippen molar-refractivity contribution in [1.29, 1.82) is 0 Å². The van der Waals surface area contributed by atoms with Crippen LogP contribution in [0.2, 0.25) is 0 Å². The lowest BCUT2D eigenvalue weighted by Gasteiger charge is -2.29. The summed E-state index contributed by atoms with van der Waals surface area (Å²) in [6, 6.07) is 7.50. The summed E-state index contributed by atoms with van der Waals surface area (Å²) in [4.78, 5) is 16.7. The maximum Gasteiger partial charge on any atom is 0.418 e. The zero-order valence-corrected chi connectivity index (χ0v) is 10.5. The van der Waals surface area contributed by atoms with Crippen molar-refractivity contribution in [2.24, 2.45) is 0 Å². The molecule has 0 bridgehead atoms. The van der Waals surface area contributed by atoms with Crippen LogP contribution in [0.3, 0.4) is 0 Å². The van der Waals surface area contributed by atoms with Gasteiger partial charge in [-0.1, -0.05) is 30.3 Å². The van der Waals surface area contributed by atoms with Gasteiger partial charge in [-0.3, -0.25) is 0 Å². The van der Waals surface area contributed by atoms with E-state index in [1.165, 1.54) is 31.2 Å². The Hall–Kier alpha value is -2.02.